The number of carbonyl (C=O) groups excluding carboxylic acids is 1. The van der Waals surface area contributed by atoms with Gasteiger partial charge in [0, 0.05) is 17.3 Å². The second-order valence-electron chi connectivity index (χ2n) is 5.65. The van der Waals surface area contributed by atoms with E-state index in [-0.39, 0.29) is 11.9 Å². The Labute approximate surface area is 119 Å². The van der Waals surface area contributed by atoms with Gasteiger partial charge in [0.2, 0.25) is 5.91 Å². The van der Waals surface area contributed by atoms with Gasteiger partial charge in [-0.2, -0.15) is 0 Å². The fourth-order valence-electron chi connectivity index (χ4n) is 3.00. The average Bonchev–Trinajstić information content (AvgIpc) is 3.03. The Morgan fingerprint density at radius 1 is 1.35 bits per heavy atom. The Hall–Kier alpha value is -1.55. The molecule has 0 radical (unpaired) electrons. The lowest BCUT2D eigenvalue weighted by Crippen LogP contribution is -2.27. The molecule has 3 rings (SSSR count). The van der Waals surface area contributed by atoms with Crippen LogP contribution in [0.2, 0.25) is 0 Å². The molecule has 2 aliphatic rings. The van der Waals surface area contributed by atoms with Crippen molar-refractivity contribution in [3.63, 3.8) is 0 Å². The monoisotopic (exact) mass is 274 g/mol. The predicted octanol–water partition coefficient (Wildman–Crippen LogP) is 3.00. The van der Waals surface area contributed by atoms with E-state index in [2.05, 4.69) is 17.6 Å². The van der Waals surface area contributed by atoms with Gasteiger partial charge in [0.05, 0.1) is 6.10 Å². The fourth-order valence-corrected chi connectivity index (χ4v) is 3.00. The minimum absolute atomic E-state index is 0.0338. The van der Waals surface area contributed by atoms with Gasteiger partial charge in [-0.05, 0) is 44.7 Å². The maximum atomic E-state index is 12.0. The first kappa shape index (κ1) is 13.4. The molecule has 0 bridgehead atoms. The fraction of sp³-hybridized carbons (Fsp3) is 0.562. The van der Waals surface area contributed by atoms with E-state index in [0.717, 1.165) is 42.8 Å². The van der Waals surface area contributed by atoms with E-state index in [9.17, 15) is 4.79 Å². The van der Waals surface area contributed by atoms with Crippen molar-refractivity contribution < 1.29 is 9.53 Å². The van der Waals surface area contributed by atoms with E-state index in [4.69, 9.17) is 4.74 Å². The van der Waals surface area contributed by atoms with Crippen molar-refractivity contribution in [2.75, 3.05) is 11.9 Å². The summed E-state index contributed by atoms with van der Waals surface area (Å²) in [4.78, 5) is 12.0. The molecule has 1 aromatic rings. The summed E-state index contributed by atoms with van der Waals surface area (Å²) < 4.78 is 5.98. The second-order valence-corrected chi connectivity index (χ2v) is 5.65. The smallest absolute Gasteiger partial charge is 0.246 e. The molecule has 1 fully saturated rings. The summed E-state index contributed by atoms with van der Waals surface area (Å²) in [6, 6.07) is 5.73. The highest BCUT2D eigenvalue weighted by Crippen LogP contribution is 2.35. The summed E-state index contributed by atoms with van der Waals surface area (Å²) >= 11 is 0. The van der Waals surface area contributed by atoms with Crippen molar-refractivity contribution >= 4 is 11.6 Å². The Morgan fingerprint density at radius 2 is 2.15 bits per heavy atom. The number of nitrogens with one attached hydrogen (secondary N) is 2. The van der Waals surface area contributed by atoms with Crippen LogP contribution in [0.5, 0.6) is 5.75 Å². The van der Waals surface area contributed by atoms with Crippen LogP contribution in [0.1, 0.15) is 50.6 Å². The highest BCUT2D eigenvalue weighted by Gasteiger charge is 2.30. The summed E-state index contributed by atoms with van der Waals surface area (Å²) in [5.41, 5.74) is 1.92. The van der Waals surface area contributed by atoms with Crippen LogP contribution in [0.25, 0.3) is 0 Å². The second kappa shape index (κ2) is 5.83. The quantitative estimate of drug-likeness (QED) is 0.868. The van der Waals surface area contributed by atoms with Gasteiger partial charge in [-0.1, -0.05) is 13.0 Å². The van der Waals surface area contributed by atoms with Crippen molar-refractivity contribution in [1.82, 2.24) is 5.32 Å². The van der Waals surface area contributed by atoms with E-state index < -0.39 is 0 Å². The van der Waals surface area contributed by atoms with Crippen LogP contribution in [-0.4, -0.2) is 18.6 Å². The number of ether oxygens (including phenoxy) is 1. The van der Waals surface area contributed by atoms with Crippen LogP contribution in [0.3, 0.4) is 0 Å². The molecule has 1 atom stereocenters. The van der Waals surface area contributed by atoms with Crippen molar-refractivity contribution in [3.8, 4) is 5.75 Å². The first-order chi connectivity index (χ1) is 9.78. The Kier molecular flexibility index (Phi) is 3.92. The van der Waals surface area contributed by atoms with Crippen LogP contribution < -0.4 is 15.4 Å². The van der Waals surface area contributed by atoms with E-state index in [1.165, 1.54) is 12.8 Å². The van der Waals surface area contributed by atoms with Crippen molar-refractivity contribution in [1.29, 1.82) is 0 Å². The standard InChI is InChI=1S/C16H22N2O2/c1-2-9-17-15-13-8-7-12(10-14(13)18-16(15)19)20-11-5-3-4-6-11/h7-8,10-11,15,17H,2-6,9H2,1H3,(H,18,19). The van der Waals surface area contributed by atoms with Crippen molar-refractivity contribution in [2.24, 2.45) is 0 Å². The van der Waals surface area contributed by atoms with Gasteiger partial charge in [-0.3, -0.25) is 4.79 Å². The third-order valence-electron chi connectivity index (χ3n) is 4.06. The first-order valence-corrected chi connectivity index (χ1v) is 7.63. The average molecular weight is 274 g/mol. The molecule has 1 aliphatic heterocycles. The van der Waals surface area contributed by atoms with Gasteiger partial charge in [-0.15, -0.1) is 0 Å². The number of hydrogen-bond acceptors (Lipinski definition) is 3. The number of amides is 1. The Balaban J connectivity index is 1.73. The minimum Gasteiger partial charge on any atom is -0.490 e. The number of hydrogen-bond donors (Lipinski definition) is 2. The molecule has 1 heterocycles. The molecule has 0 spiro atoms. The van der Waals surface area contributed by atoms with Gasteiger partial charge in [-0.25, -0.2) is 0 Å². The van der Waals surface area contributed by atoms with Crippen LogP contribution in [0.4, 0.5) is 5.69 Å². The van der Waals surface area contributed by atoms with Crippen LogP contribution in [-0.2, 0) is 4.79 Å². The molecule has 2 N–H and O–H groups in total. The molecular formula is C16H22N2O2. The zero-order valence-electron chi connectivity index (χ0n) is 11.9. The number of rotatable bonds is 5. The predicted molar refractivity (Wildman–Crippen MR) is 79.0 cm³/mol. The van der Waals surface area contributed by atoms with E-state index >= 15 is 0 Å². The van der Waals surface area contributed by atoms with Gasteiger partial charge < -0.3 is 15.4 Å². The lowest BCUT2D eigenvalue weighted by molar-refractivity contribution is -0.117. The highest BCUT2D eigenvalue weighted by molar-refractivity contribution is 6.02. The number of carbonyl (C=O) groups is 1. The largest absolute Gasteiger partial charge is 0.490 e. The number of fused-ring (bicyclic) bond motifs is 1. The maximum absolute atomic E-state index is 12.0. The lowest BCUT2D eigenvalue weighted by atomic mass is 10.1. The summed E-state index contributed by atoms with van der Waals surface area (Å²) in [5, 5.41) is 6.22. The molecule has 20 heavy (non-hydrogen) atoms. The molecule has 0 saturated heterocycles. The van der Waals surface area contributed by atoms with E-state index in [1.807, 2.05) is 18.2 Å². The molecular weight excluding hydrogens is 252 g/mol. The van der Waals surface area contributed by atoms with E-state index in [1.54, 1.807) is 0 Å². The maximum Gasteiger partial charge on any atom is 0.246 e. The third kappa shape index (κ3) is 2.66. The summed E-state index contributed by atoms with van der Waals surface area (Å²) in [5.74, 6) is 0.901. The molecule has 108 valence electrons. The Morgan fingerprint density at radius 3 is 2.90 bits per heavy atom. The van der Waals surface area contributed by atoms with E-state index in [0.29, 0.717) is 6.10 Å². The molecule has 4 heteroatoms. The van der Waals surface area contributed by atoms with Gasteiger partial charge in [0.15, 0.2) is 0 Å². The van der Waals surface area contributed by atoms with Crippen LogP contribution >= 0.6 is 0 Å². The summed E-state index contributed by atoms with van der Waals surface area (Å²) in [6.45, 7) is 2.94. The zero-order valence-corrected chi connectivity index (χ0v) is 11.9. The molecule has 0 aromatic heterocycles. The molecule has 1 aliphatic carbocycles. The van der Waals surface area contributed by atoms with Crippen LogP contribution in [0.15, 0.2) is 18.2 Å². The lowest BCUT2D eigenvalue weighted by Gasteiger charge is -2.14. The molecule has 4 nitrogen and oxygen atoms in total. The highest BCUT2D eigenvalue weighted by atomic mass is 16.5. The first-order valence-electron chi connectivity index (χ1n) is 7.63. The van der Waals surface area contributed by atoms with Crippen LogP contribution in [0, 0.1) is 0 Å². The number of benzene rings is 1. The van der Waals surface area contributed by atoms with Crippen molar-refractivity contribution in [3.05, 3.63) is 23.8 Å². The van der Waals surface area contributed by atoms with Gasteiger partial charge >= 0.3 is 0 Å². The summed E-state index contributed by atoms with van der Waals surface area (Å²) in [6.07, 6.45) is 6.17. The molecule has 1 aromatic carbocycles. The zero-order chi connectivity index (χ0) is 13.9. The SMILES string of the molecule is CCCNC1C(=O)Nc2cc(OC3CCCC3)ccc21. The van der Waals surface area contributed by atoms with Gasteiger partial charge in [0.1, 0.15) is 11.8 Å². The molecule has 1 unspecified atom stereocenters. The van der Waals surface area contributed by atoms with Crippen molar-refractivity contribution in [2.45, 2.75) is 51.2 Å². The normalized spacial score (nSPS) is 21.9. The molecule has 1 saturated carbocycles. The number of anilines is 1. The Bertz CT molecular complexity index is 495. The minimum atomic E-state index is -0.217. The summed E-state index contributed by atoms with van der Waals surface area (Å²) in [7, 11) is 0. The molecule has 1 amide bonds. The topological polar surface area (TPSA) is 50.4 Å². The van der Waals surface area contributed by atoms with Gasteiger partial charge in [0.25, 0.3) is 0 Å². The third-order valence-corrected chi connectivity index (χ3v) is 4.06.